The van der Waals surface area contributed by atoms with Gasteiger partial charge in [-0.15, -0.1) is 0 Å². The van der Waals surface area contributed by atoms with E-state index in [1.807, 2.05) is 36.1 Å². The first-order valence-corrected chi connectivity index (χ1v) is 9.31. The molecule has 0 saturated carbocycles. The average molecular weight is 402 g/mol. The van der Waals surface area contributed by atoms with Gasteiger partial charge in [0.25, 0.3) is 0 Å². The number of nitrogens with one attached hydrogen (secondary N) is 1. The summed E-state index contributed by atoms with van der Waals surface area (Å²) in [6.45, 7) is 5.33. The Morgan fingerprint density at radius 1 is 1.18 bits per heavy atom. The van der Waals surface area contributed by atoms with E-state index in [4.69, 9.17) is 9.47 Å². The maximum Gasteiger partial charge on any atom is 0.403 e. The minimum atomic E-state index is -4.20. The largest absolute Gasteiger partial charge is 0.497 e. The molecule has 0 amide bonds. The lowest BCUT2D eigenvalue weighted by Gasteiger charge is -2.39. The SMILES string of the molecule is CN=C(NCC(C)Oc1cccc(OC)c1)N1CCN(C(C)C(F)(F)F)CC1. The summed E-state index contributed by atoms with van der Waals surface area (Å²) in [6.07, 6.45) is -4.33. The minimum Gasteiger partial charge on any atom is -0.497 e. The number of piperazine rings is 1. The molecule has 1 aromatic carbocycles. The van der Waals surface area contributed by atoms with E-state index in [2.05, 4.69) is 10.3 Å². The molecule has 1 aliphatic rings. The molecule has 1 aliphatic heterocycles. The fourth-order valence-corrected chi connectivity index (χ4v) is 3.04. The number of hydrogen-bond acceptors (Lipinski definition) is 4. The predicted octanol–water partition coefficient (Wildman–Crippen LogP) is 2.61. The van der Waals surface area contributed by atoms with Crippen LogP contribution in [0.4, 0.5) is 13.2 Å². The van der Waals surface area contributed by atoms with Crippen molar-refractivity contribution < 1.29 is 22.6 Å². The zero-order valence-electron chi connectivity index (χ0n) is 16.8. The Balaban J connectivity index is 1.81. The summed E-state index contributed by atoms with van der Waals surface area (Å²) >= 11 is 0. The Morgan fingerprint density at radius 3 is 2.39 bits per heavy atom. The smallest absolute Gasteiger partial charge is 0.403 e. The first kappa shape index (κ1) is 22.1. The Labute approximate surface area is 164 Å². The lowest BCUT2D eigenvalue weighted by Crippen LogP contribution is -2.57. The molecular formula is C19H29F3N4O2. The fraction of sp³-hybridized carbons (Fsp3) is 0.632. The molecule has 6 nitrogen and oxygen atoms in total. The molecule has 0 aliphatic carbocycles. The maximum atomic E-state index is 12.9. The van der Waals surface area contributed by atoms with Gasteiger partial charge in [-0.2, -0.15) is 13.2 Å². The maximum absolute atomic E-state index is 12.9. The Morgan fingerprint density at radius 2 is 1.82 bits per heavy atom. The quantitative estimate of drug-likeness (QED) is 0.586. The van der Waals surface area contributed by atoms with Gasteiger partial charge >= 0.3 is 6.18 Å². The van der Waals surface area contributed by atoms with Crippen molar-refractivity contribution in [2.75, 3.05) is 46.9 Å². The number of alkyl halides is 3. The number of rotatable bonds is 6. The van der Waals surface area contributed by atoms with Crippen LogP contribution in [0.2, 0.25) is 0 Å². The molecule has 0 aromatic heterocycles. The van der Waals surface area contributed by atoms with E-state index in [0.717, 1.165) is 5.75 Å². The molecule has 2 rings (SSSR count). The van der Waals surface area contributed by atoms with Crippen molar-refractivity contribution in [3.63, 3.8) is 0 Å². The number of benzene rings is 1. The molecule has 1 N–H and O–H groups in total. The Kier molecular flexibility index (Phi) is 7.79. The standard InChI is InChI=1S/C19H29F3N4O2/c1-14(28-17-7-5-6-16(12-17)27-4)13-24-18(23-3)26-10-8-25(9-11-26)15(2)19(20,21)22/h5-7,12,14-15H,8-11,13H2,1-4H3,(H,23,24). The summed E-state index contributed by atoms with van der Waals surface area (Å²) in [7, 11) is 3.27. The molecule has 9 heteroatoms. The lowest BCUT2D eigenvalue weighted by atomic mass is 10.2. The summed E-state index contributed by atoms with van der Waals surface area (Å²) in [6, 6.07) is 5.94. The average Bonchev–Trinajstić information content (AvgIpc) is 2.67. The Bertz CT molecular complexity index is 646. The third-order valence-corrected chi connectivity index (χ3v) is 4.77. The molecule has 158 valence electrons. The van der Waals surface area contributed by atoms with Crippen molar-refractivity contribution in [2.45, 2.75) is 32.2 Å². The normalized spacial score (nSPS) is 18.5. The van der Waals surface area contributed by atoms with Gasteiger partial charge in [-0.25, -0.2) is 0 Å². The van der Waals surface area contributed by atoms with Crippen LogP contribution in [0.25, 0.3) is 0 Å². The molecular weight excluding hydrogens is 373 g/mol. The van der Waals surface area contributed by atoms with Gasteiger partial charge in [0.1, 0.15) is 23.6 Å². The molecule has 1 aromatic rings. The van der Waals surface area contributed by atoms with E-state index in [-0.39, 0.29) is 6.10 Å². The van der Waals surface area contributed by atoms with Crippen molar-refractivity contribution in [1.29, 1.82) is 0 Å². The molecule has 0 spiro atoms. The first-order valence-electron chi connectivity index (χ1n) is 9.31. The highest BCUT2D eigenvalue weighted by Gasteiger charge is 2.41. The highest BCUT2D eigenvalue weighted by Crippen LogP contribution is 2.25. The van der Waals surface area contributed by atoms with Gasteiger partial charge in [0.2, 0.25) is 0 Å². The molecule has 0 radical (unpaired) electrons. The number of methoxy groups -OCH3 is 1. The zero-order chi connectivity index (χ0) is 20.7. The molecule has 1 heterocycles. The number of hydrogen-bond donors (Lipinski definition) is 1. The highest BCUT2D eigenvalue weighted by atomic mass is 19.4. The van der Waals surface area contributed by atoms with Crippen molar-refractivity contribution in [2.24, 2.45) is 4.99 Å². The number of guanidine groups is 1. The first-order chi connectivity index (χ1) is 13.2. The summed E-state index contributed by atoms with van der Waals surface area (Å²) < 4.78 is 49.7. The summed E-state index contributed by atoms with van der Waals surface area (Å²) in [4.78, 5) is 7.68. The van der Waals surface area contributed by atoms with Crippen molar-refractivity contribution in [3.05, 3.63) is 24.3 Å². The van der Waals surface area contributed by atoms with E-state index < -0.39 is 12.2 Å². The second kappa shape index (κ2) is 9.86. The van der Waals surface area contributed by atoms with Gasteiger partial charge in [-0.1, -0.05) is 6.07 Å². The second-order valence-electron chi connectivity index (χ2n) is 6.78. The molecule has 1 fully saturated rings. The predicted molar refractivity (Wildman–Crippen MR) is 103 cm³/mol. The van der Waals surface area contributed by atoms with Gasteiger partial charge in [-0.05, 0) is 26.0 Å². The van der Waals surface area contributed by atoms with E-state index in [0.29, 0.717) is 44.4 Å². The van der Waals surface area contributed by atoms with Crippen LogP contribution < -0.4 is 14.8 Å². The topological polar surface area (TPSA) is 49.3 Å². The van der Waals surface area contributed by atoms with Gasteiger partial charge in [-0.3, -0.25) is 9.89 Å². The molecule has 2 atom stereocenters. The van der Waals surface area contributed by atoms with Crippen LogP contribution in [0.5, 0.6) is 11.5 Å². The summed E-state index contributed by atoms with van der Waals surface area (Å²) in [5, 5.41) is 3.24. The third kappa shape index (κ3) is 6.19. The van der Waals surface area contributed by atoms with Gasteiger partial charge in [0.05, 0.1) is 13.7 Å². The van der Waals surface area contributed by atoms with Crippen LogP contribution in [0.15, 0.2) is 29.3 Å². The third-order valence-electron chi connectivity index (χ3n) is 4.77. The van der Waals surface area contributed by atoms with Gasteiger partial charge < -0.3 is 19.7 Å². The van der Waals surface area contributed by atoms with Crippen LogP contribution in [0, 0.1) is 0 Å². The van der Waals surface area contributed by atoms with E-state index >= 15 is 0 Å². The van der Waals surface area contributed by atoms with E-state index in [9.17, 15) is 13.2 Å². The molecule has 1 saturated heterocycles. The highest BCUT2D eigenvalue weighted by molar-refractivity contribution is 5.80. The second-order valence-corrected chi connectivity index (χ2v) is 6.78. The molecule has 2 unspecified atom stereocenters. The zero-order valence-corrected chi connectivity index (χ0v) is 16.8. The minimum absolute atomic E-state index is 0.129. The molecule has 28 heavy (non-hydrogen) atoms. The number of halogens is 3. The number of aliphatic imine (C=N–C) groups is 1. The van der Waals surface area contributed by atoms with Gasteiger partial charge in [0, 0.05) is 39.3 Å². The van der Waals surface area contributed by atoms with Crippen molar-refractivity contribution in [3.8, 4) is 11.5 Å². The van der Waals surface area contributed by atoms with Crippen LogP contribution in [0.3, 0.4) is 0 Å². The van der Waals surface area contributed by atoms with E-state index in [1.165, 1.54) is 11.8 Å². The van der Waals surface area contributed by atoms with Crippen molar-refractivity contribution >= 4 is 5.96 Å². The van der Waals surface area contributed by atoms with Crippen LogP contribution in [0.1, 0.15) is 13.8 Å². The summed E-state index contributed by atoms with van der Waals surface area (Å²) in [5.74, 6) is 2.10. The summed E-state index contributed by atoms with van der Waals surface area (Å²) in [5.41, 5.74) is 0. The van der Waals surface area contributed by atoms with Crippen LogP contribution >= 0.6 is 0 Å². The van der Waals surface area contributed by atoms with E-state index in [1.54, 1.807) is 14.2 Å². The van der Waals surface area contributed by atoms with Crippen LogP contribution in [-0.4, -0.2) is 81.0 Å². The van der Waals surface area contributed by atoms with Crippen LogP contribution in [-0.2, 0) is 0 Å². The lowest BCUT2D eigenvalue weighted by molar-refractivity contribution is -0.181. The van der Waals surface area contributed by atoms with Gasteiger partial charge in [0.15, 0.2) is 5.96 Å². The Hall–Kier alpha value is -2.16. The number of ether oxygens (including phenoxy) is 2. The number of nitrogens with zero attached hydrogens (tertiary/aromatic N) is 3. The monoisotopic (exact) mass is 402 g/mol. The van der Waals surface area contributed by atoms with Crippen molar-refractivity contribution in [1.82, 2.24) is 15.1 Å². The molecule has 0 bridgehead atoms. The fourth-order valence-electron chi connectivity index (χ4n) is 3.04.